The molecule has 0 aliphatic carbocycles. The molecule has 2 unspecified atom stereocenters. The third-order valence-corrected chi connectivity index (χ3v) is 4.00. The summed E-state index contributed by atoms with van der Waals surface area (Å²) in [4.78, 5) is 2.53. The van der Waals surface area contributed by atoms with E-state index in [1.807, 2.05) is 0 Å². The Morgan fingerprint density at radius 2 is 1.40 bits per heavy atom. The Bertz CT molecular complexity index is 484. The normalized spacial score (nSPS) is 21.7. The van der Waals surface area contributed by atoms with Crippen LogP contribution in [0.4, 0.5) is 0 Å². The molecule has 0 bridgehead atoms. The van der Waals surface area contributed by atoms with Gasteiger partial charge in [0.1, 0.15) is 0 Å². The Hall–Kier alpha value is -1.64. The second-order valence-corrected chi connectivity index (χ2v) is 5.48. The Balaban J connectivity index is 1.74. The summed E-state index contributed by atoms with van der Waals surface area (Å²) < 4.78 is 5.56. The molecule has 2 atom stereocenters. The van der Waals surface area contributed by atoms with E-state index in [9.17, 15) is 0 Å². The van der Waals surface area contributed by atoms with Crippen LogP contribution in [0.5, 0.6) is 0 Å². The smallest absolute Gasteiger partial charge is 0.0725 e. The summed E-state index contributed by atoms with van der Waals surface area (Å²) in [6.07, 6.45) is 0.336. The average molecular weight is 267 g/mol. The first-order valence-corrected chi connectivity index (χ1v) is 7.26. The van der Waals surface area contributed by atoms with E-state index in [0.717, 1.165) is 19.7 Å². The summed E-state index contributed by atoms with van der Waals surface area (Å²) in [5.41, 5.74) is 2.73. The van der Waals surface area contributed by atoms with E-state index in [1.165, 1.54) is 11.1 Å². The van der Waals surface area contributed by atoms with E-state index in [0.29, 0.717) is 12.1 Å². The van der Waals surface area contributed by atoms with Crippen molar-refractivity contribution >= 4 is 0 Å². The van der Waals surface area contributed by atoms with Crippen LogP contribution in [0.3, 0.4) is 0 Å². The molecule has 3 rings (SSSR count). The number of hydrogen-bond donors (Lipinski definition) is 0. The van der Waals surface area contributed by atoms with Crippen LogP contribution in [-0.4, -0.2) is 23.7 Å². The average Bonchev–Trinajstić information content (AvgIpc) is 2.48. The summed E-state index contributed by atoms with van der Waals surface area (Å²) in [5.74, 6) is 0. The number of benzene rings is 2. The monoisotopic (exact) mass is 267 g/mol. The fourth-order valence-electron chi connectivity index (χ4n) is 2.70. The zero-order valence-corrected chi connectivity index (χ0v) is 11.9. The zero-order valence-electron chi connectivity index (χ0n) is 11.9. The van der Waals surface area contributed by atoms with E-state index in [1.54, 1.807) is 0 Å². The largest absolute Gasteiger partial charge is 0.375 e. The highest BCUT2D eigenvalue weighted by Gasteiger charge is 2.33. The lowest BCUT2D eigenvalue weighted by atomic mass is 10.0. The van der Waals surface area contributed by atoms with Crippen LogP contribution in [-0.2, 0) is 17.8 Å². The standard InChI is InChI=1S/C18H21NO/c1-15-18(14-20-15)19(12-16-8-4-2-5-9-16)13-17-10-6-3-7-11-17/h2-11,15,18H,12-14H2,1H3. The van der Waals surface area contributed by atoms with Crippen molar-refractivity contribution in [1.82, 2.24) is 4.90 Å². The van der Waals surface area contributed by atoms with Crippen LogP contribution in [0.25, 0.3) is 0 Å². The SMILES string of the molecule is CC1OCC1N(Cc1ccccc1)Cc1ccccc1. The third kappa shape index (κ3) is 3.09. The summed E-state index contributed by atoms with van der Waals surface area (Å²) in [5, 5.41) is 0. The van der Waals surface area contributed by atoms with Crippen molar-refractivity contribution in [3.8, 4) is 0 Å². The molecule has 0 amide bonds. The summed E-state index contributed by atoms with van der Waals surface area (Å²) in [7, 11) is 0. The molecular formula is C18H21NO. The number of ether oxygens (including phenoxy) is 1. The Morgan fingerprint density at radius 3 is 1.75 bits per heavy atom. The highest BCUT2D eigenvalue weighted by molar-refractivity contribution is 5.17. The van der Waals surface area contributed by atoms with Gasteiger partial charge in [0, 0.05) is 13.1 Å². The molecule has 104 valence electrons. The molecule has 2 nitrogen and oxygen atoms in total. The number of rotatable bonds is 5. The predicted octanol–water partition coefficient (Wildman–Crippen LogP) is 3.48. The first-order chi connectivity index (χ1) is 9.83. The maximum atomic E-state index is 5.56. The lowest BCUT2D eigenvalue weighted by molar-refractivity contribution is -0.129. The van der Waals surface area contributed by atoms with Crippen molar-refractivity contribution in [2.45, 2.75) is 32.2 Å². The van der Waals surface area contributed by atoms with Gasteiger partial charge < -0.3 is 4.74 Å². The maximum Gasteiger partial charge on any atom is 0.0725 e. The molecule has 0 saturated carbocycles. The highest BCUT2D eigenvalue weighted by Crippen LogP contribution is 2.23. The molecule has 0 radical (unpaired) electrons. The highest BCUT2D eigenvalue weighted by atomic mass is 16.5. The quantitative estimate of drug-likeness (QED) is 0.822. The Labute approximate surface area is 121 Å². The zero-order chi connectivity index (χ0) is 13.8. The molecule has 1 fully saturated rings. The molecule has 0 N–H and O–H groups in total. The van der Waals surface area contributed by atoms with Gasteiger partial charge in [0.2, 0.25) is 0 Å². The molecule has 0 spiro atoms. The molecule has 0 aromatic heterocycles. The number of nitrogens with zero attached hydrogens (tertiary/aromatic N) is 1. The van der Waals surface area contributed by atoms with Crippen molar-refractivity contribution < 1.29 is 4.74 Å². The van der Waals surface area contributed by atoms with Crippen LogP contribution in [0.1, 0.15) is 18.1 Å². The summed E-state index contributed by atoms with van der Waals surface area (Å²) in [6.45, 7) is 4.97. The minimum atomic E-state index is 0.336. The molecule has 2 aromatic rings. The molecule has 2 aromatic carbocycles. The van der Waals surface area contributed by atoms with Crippen LogP contribution in [0.2, 0.25) is 0 Å². The third-order valence-electron chi connectivity index (χ3n) is 4.00. The predicted molar refractivity (Wildman–Crippen MR) is 81.3 cm³/mol. The summed E-state index contributed by atoms with van der Waals surface area (Å²) >= 11 is 0. The van der Waals surface area contributed by atoms with Crippen molar-refractivity contribution in [2.75, 3.05) is 6.61 Å². The minimum Gasteiger partial charge on any atom is -0.375 e. The van der Waals surface area contributed by atoms with Crippen LogP contribution >= 0.6 is 0 Å². The minimum absolute atomic E-state index is 0.336. The molecule has 1 aliphatic rings. The van der Waals surface area contributed by atoms with E-state index in [2.05, 4.69) is 72.5 Å². The second kappa shape index (κ2) is 6.21. The van der Waals surface area contributed by atoms with Gasteiger partial charge in [-0.05, 0) is 18.1 Å². The van der Waals surface area contributed by atoms with Gasteiger partial charge in [0.15, 0.2) is 0 Å². The van der Waals surface area contributed by atoms with Gasteiger partial charge in [-0.2, -0.15) is 0 Å². The van der Waals surface area contributed by atoms with Crippen LogP contribution in [0, 0.1) is 0 Å². The van der Waals surface area contributed by atoms with E-state index in [4.69, 9.17) is 4.74 Å². The van der Waals surface area contributed by atoms with E-state index < -0.39 is 0 Å². The van der Waals surface area contributed by atoms with Crippen molar-refractivity contribution in [1.29, 1.82) is 0 Å². The topological polar surface area (TPSA) is 12.5 Å². The van der Waals surface area contributed by atoms with Crippen LogP contribution < -0.4 is 0 Å². The first kappa shape index (κ1) is 13.3. The Kier molecular flexibility index (Phi) is 4.14. The van der Waals surface area contributed by atoms with Crippen molar-refractivity contribution in [3.05, 3.63) is 71.8 Å². The Morgan fingerprint density at radius 1 is 0.900 bits per heavy atom. The van der Waals surface area contributed by atoms with Gasteiger partial charge in [-0.3, -0.25) is 4.90 Å². The van der Waals surface area contributed by atoms with Gasteiger partial charge >= 0.3 is 0 Å². The van der Waals surface area contributed by atoms with Crippen molar-refractivity contribution in [2.24, 2.45) is 0 Å². The molecule has 2 heteroatoms. The fraction of sp³-hybridized carbons (Fsp3) is 0.333. The number of hydrogen-bond acceptors (Lipinski definition) is 2. The molecule has 20 heavy (non-hydrogen) atoms. The fourth-order valence-corrected chi connectivity index (χ4v) is 2.70. The van der Waals surface area contributed by atoms with Crippen molar-refractivity contribution in [3.63, 3.8) is 0 Å². The molecule has 1 heterocycles. The van der Waals surface area contributed by atoms with Gasteiger partial charge in [0.25, 0.3) is 0 Å². The van der Waals surface area contributed by atoms with E-state index >= 15 is 0 Å². The van der Waals surface area contributed by atoms with Gasteiger partial charge in [-0.1, -0.05) is 60.7 Å². The van der Waals surface area contributed by atoms with E-state index in [-0.39, 0.29) is 0 Å². The van der Waals surface area contributed by atoms with Gasteiger partial charge in [0.05, 0.1) is 18.8 Å². The maximum absolute atomic E-state index is 5.56. The lowest BCUT2D eigenvalue weighted by Crippen LogP contribution is -2.54. The first-order valence-electron chi connectivity index (χ1n) is 7.26. The molecule has 1 aliphatic heterocycles. The lowest BCUT2D eigenvalue weighted by Gasteiger charge is -2.42. The second-order valence-electron chi connectivity index (χ2n) is 5.48. The summed E-state index contributed by atoms with van der Waals surface area (Å²) in [6, 6.07) is 21.9. The van der Waals surface area contributed by atoms with Gasteiger partial charge in [-0.15, -0.1) is 0 Å². The molecular weight excluding hydrogens is 246 g/mol. The molecule has 1 saturated heterocycles. The van der Waals surface area contributed by atoms with Gasteiger partial charge in [-0.25, -0.2) is 0 Å². The van der Waals surface area contributed by atoms with Crippen LogP contribution in [0.15, 0.2) is 60.7 Å².